The molecule has 0 radical (unpaired) electrons. The van der Waals surface area contributed by atoms with Crippen molar-refractivity contribution in [2.24, 2.45) is 5.92 Å². The van der Waals surface area contributed by atoms with E-state index in [-0.39, 0.29) is 43.2 Å². The van der Waals surface area contributed by atoms with Gasteiger partial charge in [0, 0.05) is 25.2 Å². The highest BCUT2D eigenvalue weighted by Gasteiger charge is 2.42. The number of nitrogens with one attached hydrogen (secondary N) is 2. The maximum atomic E-state index is 14.6. The Labute approximate surface area is 195 Å². The van der Waals surface area contributed by atoms with Gasteiger partial charge in [-0.05, 0) is 38.3 Å². The first kappa shape index (κ1) is 28.4. The Bertz CT molecular complexity index is 889. The van der Waals surface area contributed by atoms with Gasteiger partial charge >= 0.3 is 18.3 Å². The van der Waals surface area contributed by atoms with Crippen molar-refractivity contribution in [1.29, 1.82) is 0 Å². The number of rotatable bonds is 5. The fourth-order valence-corrected chi connectivity index (χ4v) is 3.68. The van der Waals surface area contributed by atoms with E-state index in [0.717, 1.165) is 19.4 Å². The maximum Gasteiger partial charge on any atom is 0.490 e. The topological polar surface area (TPSA) is 104 Å². The minimum Gasteiger partial charge on any atom is -0.481 e. The van der Waals surface area contributed by atoms with Gasteiger partial charge in [0.05, 0.1) is 19.1 Å². The molecule has 0 spiro atoms. The summed E-state index contributed by atoms with van der Waals surface area (Å²) in [6.45, 7) is 0.764. The fourth-order valence-electron chi connectivity index (χ4n) is 3.68. The Hall–Kier alpha value is -2.84. The average molecular weight is 518 g/mol. The van der Waals surface area contributed by atoms with Crippen LogP contribution in [0, 0.1) is 11.7 Å². The van der Waals surface area contributed by atoms with E-state index in [1.54, 1.807) is 0 Å². The van der Waals surface area contributed by atoms with Gasteiger partial charge in [0.1, 0.15) is 0 Å². The molecule has 3 rings (SSSR count). The number of carbonyl (C=O) groups is 2. The molecular weight excluding hydrogens is 493 g/mol. The van der Waals surface area contributed by atoms with Crippen LogP contribution in [0.2, 0.25) is 0 Å². The van der Waals surface area contributed by atoms with E-state index in [0.29, 0.717) is 18.5 Å². The third-order valence-corrected chi connectivity index (χ3v) is 5.45. The van der Waals surface area contributed by atoms with E-state index >= 15 is 0 Å². The minimum atomic E-state index is -5.08. The van der Waals surface area contributed by atoms with Crippen LogP contribution in [0.5, 0.6) is 5.88 Å². The number of aromatic nitrogens is 1. The highest BCUT2D eigenvalue weighted by molar-refractivity contribution is 5.82. The van der Waals surface area contributed by atoms with Crippen LogP contribution in [0.25, 0.3) is 0 Å². The van der Waals surface area contributed by atoms with Crippen LogP contribution < -0.4 is 20.3 Å². The molecule has 0 saturated carbocycles. The number of hydrogen-bond donors (Lipinski definition) is 3. The number of halogens is 7. The van der Waals surface area contributed by atoms with Crippen LogP contribution in [0.15, 0.2) is 6.07 Å². The van der Waals surface area contributed by atoms with Gasteiger partial charge in [-0.2, -0.15) is 31.3 Å². The molecule has 35 heavy (non-hydrogen) atoms. The highest BCUT2D eigenvalue weighted by Crippen LogP contribution is 2.35. The quantitative estimate of drug-likeness (QED) is 0.515. The number of carbonyl (C=O) groups excluding carboxylic acids is 1. The second-order valence-electron chi connectivity index (χ2n) is 7.96. The summed E-state index contributed by atoms with van der Waals surface area (Å²) in [7, 11) is 1.35. The smallest absolute Gasteiger partial charge is 0.481 e. The molecular formula is C20H25F7N4O4. The molecule has 2 aliphatic rings. The van der Waals surface area contributed by atoms with Crippen molar-refractivity contribution in [3.63, 3.8) is 0 Å². The zero-order valence-electron chi connectivity index (χ0n) is 18.6. The second-order valence-corrected chi connectivity index (χ2v) is 7.96. The number of nitrogens with zero attached hydrogens (tertiary/aromatic N) is 2. The largest absolute Gasteiger partial charge is 0.490 e. The number of aliphatic carboxylic acids is 1. The Morgan fingerprint density at radius 2 is 1.89 bits per heavy atom. The number of amides is 1. The molecule has 1 unspecified atom stereocenters. The summed E-state index contributed by atoms with van der Waals surface area (Å²) < 4.78 is 90.7. The first-order valence-corrected chi connectivity index (χ1v) is 10.6. The third kappa shape index (κ3) is 8.11. The summed E-state index contributed by atoms with van der Waals surface area (Å²) in [6.07, 6.45) is -7.42. The summed E-state index contributed by atoms with van der Waals surface area (Å²) in [5, 5.41) is 12.9. The molecule has 3 heterocycles. The van der Waals surface area contributed by atoms with Gasteiger partial charge in [0.2, 0.25) is 11.8 Å². The van der Waals surface area contributed by atoms with Crippen LogP contribution in [-0.4, -0.2) is 67.1 Å². The Morgan fingerprint density at radius 3 is 2.40 bits per heavy atom. The SMILES string of the molecule is COc1nc(N2CCCC(C(F)(F)F)C2)c(F)cc1CNC(=O)[C@@H]1CCCN1.O=C(O)C(F)(F)F. The molecule has 0 aliphatic carbocycles. The highest BCUT2D eigenvalue weighted by atomic mass is 19.4. The molecule has 2 saturated heterocycles. The summed E-state index contributed by atoms with van der Waals surface area (Å²) >= 11 is 0. The molecule has 3 N–H and O–H groups in total. The molecule has 2 fully saturated rings. The number of carboxylic acid groups (broad SMARTS) is 1. The van der Waals surface area contributed by atoms with Crippen LogP contribution in [0.1, 0.15) is 31.2 Å². The summed E-state index contributed by atoms with van der Waals surface area (Å²) in [6, 6.07) is 0.900. The lowest BCUT2D eigenvalue weighted by Gasteiger charge is -2.34. The van der Waals surface area contributed by atoms with Gasteiger partial charge in [-0.1, -0.05) is 0 Å². The molecule has 1 aromatic heterocycles. The van der Waals surface area contributed by atoms with Crippen molar-refractivity contribution in [2.75, 3.05) is 31.6 Å². The van der Waals surface area contributed by atoms with Crippen molar-refractivity contribution < 1.29 is 50.2 Å². The van der Waals surface area contributed by atoms with Gasteiger partial charge < -0.3 is 25.4 Å². The van der Waals surface area contributed by atoms with Crippen LogP contribution in [0.4, 0.5) is 36.6 Å². The van der Waals surface area contributed by atoms with Crippen molar-refractivity contribution >= 4 is 17.7 Å². The molecule has 1 aromatic rings. The second kappa shape index (κ2) is 11.7. The van der Waals surface area contributed by atoms with Gasteiger partial charge in [-0.3, -0.25) is 4.79 Å². The van der Waals surface area contributed by atoms with Crippen molar-refractivity contribution in [3.8, 4) is 5.88 Å². The zero-order chi connectivity index (χ0) is 26.4. The summed E-state index contributed by atoms with van der Waals surface area (Å²) in [4.78, 5) is 26.4. The number of hydrogen-bond acceptors (Lipinski definition) is 6. The van der Waals surface area contributed by atoms with E-state index in [2.05, 4.69) is 15.6 Å². The van der Waals surface area contributed by atoms with Crippen molar-refractivity contribution in [1.82, 2.24) is 15.6 Å². The Kier molecular flexibility index (Phi) is 9.52. The number of anilines is 1. The lowest BCUT2D eigenvalue weighted by Crippen LogP contribution is -2.42. The molecule has 0 bridgehead atoms. The number of pyridine rings is 1. The minimum absolute atomic E-state index is 0.0234. The van der Waals surface area contributed by atoms with Crippen molar-refractivity contribution in [2.45, 2.75) is 50.6 Å². The average Bonchev–Trinajstić information content (AvgIpc) is 3.32. The van der Waals surface area contributed by atoms with Crippen LogP contribution in [-0.2, 0) is 16.1 Å². The molecule has 2 aliphatic heterocycles. The fraction of sp³-hybridized carbons (Fsp3) is 0.650. The number of alkyl halides is 6. The third-order valence-electron chi connectivity index (χ3n) is 5.45. The van der Waals surface area contributed by atoms with Crippen LogP contribution in [0.3, 0.4) is 0 Å². The Balaban J connectivity index is 0.000000540. The standard InChI is InChI=1S/C18H24F4N4O2.C2HF3O2/c1-28-17-11(9-24-16(27)14-5-2-6-23-14)8-13(19)15(25-17)26-7-3-4-12(10-26)18(20,21)22;3-2(4,5)1(6)7/h8,12,14,23H,2-7,9-10H2,1H3,(H,24,27);(H,6,7)/t12?,14-;/m0./s1. The molecule has 1 amide bonds. The van der Waals surface area contributed by atoms with E-state index in [4.69, 9.17) is 14.6 Å². The lowest BCUT2D eigenvalue weighted by atomic mass is 9.97. The monoisotopic (exact) mass is 518 g/mol. The normalized spacial score (nSPS) is 20.6. The van der Waals surface area contributed by atoms with Gasteiger partial charge in [-0.25, -0.2) is 9.18 Å². The molecule has 2 atom stereocenters. The predicted molar refractivity (Wildman–Crippen MR) is 108 cm³/mol. The number of piperidine rings is 1. The molecule has 198 valence electrons. The molecule has 15 heteroatoms. The molecule has 8 nitrogen and oxygen atoms in total. The van der Waals surface area contributed by atoms with Crippen molar-refractivity contribution in [3.05, 3.63) is 17.4 Å². The van der Waals surface area contributed by atoms with Gasteiger partial charge in [-0.15, -0.1) is 0 Å². The maximum absolute atomic E-state index is 14.6. The molecule has 0 aromatic carbocycles. The van der Waals surface area contributed by atoms with E-state index < -0.39 is 30.1 Å². The van der Waals surface area contributed by atoms with Gasteiger partial charge in [0.15, 0.2) is 11.6 Å². The zero-order valence-corrected chi connectivity index (χ0v) is 18.6. The predicted octanol–water partition coefficient (Wildman–Crippen LogP) is 3.01. The number of carboxylic acids is 1. The first-order chi connectivity index (χ1) is 16.2. The van der Waals surface area contributed by atoms with E-state index in [1.165, 1.54) is 18.1 Å². The van der Waals surface area contributed by atoms with E-state index in [9.17, 15) is 35.5 Å². The van der Waals surface area contributed by atoms with Crippen LogP contribution >= 0.6 is 0 Å². The number of methoxy groups -OCH3 is 1. The van der Waals surface area contributed by atoms with Gasteiger partial charge in [0.25, 0.3) is 0 Å². The lowest BCUT2D eigenvalue weighted by molar-refractivity contribution is -0.192. The number of ether oxygens (including phenoxy) is 1. The summed E-state index contributed by atoms with van der Waals surface area (Å²) in [5.74, 6) is -5.25. The first-order valence-electron chi connectivity index (χ1n) is 10.6. The van der Waals surface area contributed by atoms with E-state index in [1.807, 2.05) is 0 Å². The summed E-state index contributed by atoms with van der Waals surface area (Å²) in [5.41, 5.74) is 0.333. The Morgan fingerprint density at radius 1 is 1.23 bits per heavy atom.